The van der Waals surface area contributed by atoms with Crippen molar-refractivity contribution in [2.75, 3.05) is 19.8 Å². The van der Waals surface area contributed by atoms with Gasteiger partial charge in [-0.25, -0.2) is 9.25 Å². The fourth-order valence-corrected chi connectivity index (χ4v) is 5.17. The first-order valence-electron chi connectivity index (χ1n) is 14.5. The fraction of sp³-hybridized carbons (Fsp3) is 0.750. The lowest BCUT2D eigenvalue weighted by molar-refractivity contribution is -0.197. The predicted octanol–water partition coefficient (Wildman–Crippen LogP) is 3.72. The molecule has 230 valence electrons. The van der Waals surface area contributed by atoms with Crippen molar-refractivity contribution >= 4 is 38.4 Å². The zero-order chi connectivity index (χ0) is 30.5. The van der Waals surface area contributed by atoms with Crippen LogP contribution in [-0.2, 0) is 40.0 Å². The molecule has 1 fully saturated rings. The third kappa shape index (κ3) is 11.9. The molecule has 2 heterocycles. The van der Waals surface area contributed by atoms with Crippen molar-refractivity contribution in [3.05, 3.63) is 11.9 Å². The maximum absolute atomic E-state index is 12.8. The van der Waals surface area contributed by atoms with Crippen molar-refractivity contribution in [3.63, 3.8) is 0 Å². The fourth-order valence-electron chi connectivity index (χ4n) is 4.75. The highest BCUT2D eigenvalue weighted by Crippen LogP contribution is 2.35. The lowest BCUT2D eigenvalue weighted by Crippen LogP contribution is -2.43. The van der Waals surface area contributed by atoms with Crippen molar-refractivity contribution in [1.82, 2.24) is 25.1 Å². The predicted molar refractivity (Wildman–Crippen MR) is 154 cm³/mol. The number of rotatable bonds is 19. The van der Waals surface area contributed by atoms with Crippen LogP contribution in [0.3, 0.4) is 0 Å². The summed E-state index contributed by atoms with van der Waals surface area (Å²) in [6.07, 6.45) is 10.6. The zero-order valence-corrected chi connectivity index (χ0v) is 26.1. The molecular formula is C28H46N5O7P. The van der Waals surface area contributed by atoms with Gasteiger partial charge in [-0.05, 0) is 46.2 Å². The average molecular weight is 596 g/mol. The molecule has 12 nitrogen and oxygen atoms in total. The molecule has 0 aliphatic carbocycles. The normalized spacial score (nSPS) is 14.2. The van der Waals surface area contributed by atoms with E-state index in [4.69, 9.17) is 9.57 Å². The number of carbonyl (C=O) groups is 5. The number of esters is 1. The van der Waals surface area contributed by atoms with Gasteiger partial charge < -0.3 is 14.9 Å². The molecule has 1 aliphatic heterocycles. The minimum Gasteiger partial charge on any atom is -0.465 e. The number of hydroxylamine groups is 2. The first kappa shape index (κ1) is 34.3. The molecule has 0 radical (unpaired) electrons. The molecule has 1 unspecified atom stereocenters. The average Bonchev–Trinajstić information content (AvgIpc) is 3.50. The number of carbonyl (C=O) groups excluding carboxylic acids is 5. The second-order valence-electron chi connectivity index (χ2n) is 11.7. The summed E-state index contributed by atoms with van der Waals surface area (Å²) in [6.45, 7) is 9.38. The molecule has 1 saturated heterocycles. The molecule has 1 aromatic rings. The Morgan fingerprint density at radius 2 is 1.56 bits per heavy atom. The van der Waals surface area contributed by atoms with E-state index >= 15 is 0 Å². The Balaban J connectivity index is 1.56. The number of aryl methyl sites for hydroxylation is 1. The van der Waals surface area contributed by atoms with Crippen molar-refractivity contribution in [2.24, 2.45) is 10.8 Å². The largest absolute Gasteiger partial charge is 0.465 e. The van der Waals surface area contributed by atoms with Crippen LogP contribution in [0.1, 0.15) is 104 Å². The Hall–Kier alpha value is -2.88. The second-order valence-corrected chi connectivity index (χ2v) is 12.6. The molecular weight excluding hydrogens is 549 g/mol. The first-order valence-corrected chi connectivity index (χ1v) is 15.9. The van der Waals surface area contributed by atoms with Gasteiger partial charge in [0, 0.05) is 33.5 Å². The topological polar surface area (TPSA) is 150 Å². The molecule has 0 spiro atoms. The number of aromatic nitrogens is 3. The molecule has 0 aromatic carbocycles. The zero-order valence-electron chi connectivity index (χ0n) is 25.1. The Morgan fingerprint density at radius 1 is 0.951 bits per heavy atom. The minimum atomic E-state index is -0.903. The van der Waals surface area contributed by atoms with Gasteiger partial charge in [0.25, 0.3) is 11.8 Å². The summed E-state index contributed by atoms with van der Waals surface area (Å²) < 4.78 is 7.40. The van der Waals surface area contributed by atoms with Crippen LogP contribution >= 0.6 is 8.73 Å². The summed E-state index contributed by atoms with van der Waals surface area (Å²) >= 11 is 0. The molecule has 1 N–H and O–H groups in total. The lowest BCUT2D eigenvalue weighted by atomic mass is 9.74. The van der Waals surface area contributed by atoms with Gasteiger partial charge in [0.05, 0.1) is 30.3 Å². The minimum absolute atomic E-state index is 0.0161. The Bertz CT molecular complexity index is 1040. The summed E-state index contributed by atoms with van der Waals surface area (Å²) in [5.41, 5.74) is -0.721. The maximum atomic E-state index is 12.8. The van der Waals surface area contributed by atoms with Crippen LogP contribution in [0.5, 0.6) is 0 Å². The standard InChI is InChI=1S/C28H46N5O7P/c1-27(2,25(37)29-17-16-24(36)40-33-22(34)14-15-23(33)35)20-28(3,4)26(38)39-18-12-10-8-6-7-9-11-13-21-19-32(41-5)31-30-21/h19,41H,6-18,20H2,1-5H3,(H,29,37). The van der Waals surface area contributed by atoms with Gasteiger partial charge in [-0.15, -0.1) is 10.2 Å². The second kappa shape index (κ2) is 16.5. The molecule has 0 bridgehead atoms. The van der Waals surface area contributed by atoms with Gasteiger partial charge >= 0.3 is 11.9 Å². The van der Waals surface area contributed by atoms with Crippen molar-refractivity contribution in [2.45, 2.75) is 105 Å². The summed E-state index contributed by atoms with van der Waals surface area (Å²) in [6, 6.07) is 0. The number of imide groups is 1. The van der Waals surface area contributed by atoms with E-state index in [1.54, 1.807) is 27.7 Å². The summed E-state index contributed by atoms with van der Waals surface area (Å²) in [5.74, 6) is -2.57. The van der Waals surface area contributed by atoms with Gasteiger partial charge in [0.15, 0.2) is 0 Å². The van der Waals surface area contributed by atoms with Crippen molar-refractivity contribution in [1.29, 1.82) is 0 Å². The van der Waals surface area contributed by atoms with Crippen LogP contribution in [-0.4, -0.2) is 69.3 Å². The summed E-state index contributed by atoms with van der Waals surface area (Å²) in [4.78, 5) is 65.3. The van der Waals surface area contributed by atoms with Gasteiger partial charge in [-0.3, -0.25) is 19.2 Å². The van der Waals surface area contributed by atoms with E-state index in [9.17, 15) is 24.0 Å². The molecule has 1 aliphatic rings. The molecule has 3 amide bonds. The van der Waals surface area contributed by atoms with Crippen LogP contribution in [0.15, 0.2) is 6.20 Å². The van der Waals surface area contributed by atoms with Crippen LogP contribution in [0.2, 0.25) is 0 Å². The number of amides is 3. The van der Waals surface area contributed by atoms with E-state index in [2.05, 4.69) is 22.3 Å². The van der Waals surface area contributed by atoms with E-state index in [-0.39, 0.29) is 44.1 Å². The Morgan fingerprint density at radius 3 is 2.17 bits per heavy atom. The molecule has 13 heteroatoms. The van der Waals surface area contributed by atoms with E-state index in [1.807, 2.05) is 10.6 Å². The highest BCUT2D eigenvalue weighted by molar-refractivity contribution is 7.35. The molecule has 41 heavy (non-hydrogen) atoms. The molecule has 2 rings (SSSR count). The summed E-state index contributed by atoms with van der Waals surface area (Å²) in [5, 5.41) is 11.4. The van der Waals surface area contributed by atoms with Crippen LogP contribution in [0.4, 0.5) is 0 Å². The van der Waals surface area contributed by atoms with Crippen molar-refractivity contribution < 1.29 is 33.5 Å². The van der Waals surface area contributed by atoms with Crippen LogP contribution in [0, 0.1) is 10.8 Å². The first-order chi connectivity index (χ1) is 19.4. The number of hydrogen-bond donors (Lipinski definition) is 1. The molecule has 1 atom stereocenters. The van der Waals surface area contributed by atoms with Gasteiger partial charge in [-0.2, -0.15) is 0 Å². The monoisotopic (exact) mass is 595 g/mol. The molecule has 0 saturated carbocycles. The number of nitrogens with one attached hydrogen (secondary N) is 1. The number of nitrogens with zero attached hydrogens (tertiary/aromatic N) is 4. The van der Waals surface area contributed by atoms with Gasteiger partial charge in [0.1, 0.15) is 0 Å². The third-order valence-electron chi connectivity index (χ3n) is 6.95. The van der Waals surface area contributed by atoms with Crippen LogP contribution < -0.4 is 5.32 Å². The van der Waals surface area contributed by atoms with E-state index in [1.165, 1.54) is 12.8 Å². The molecule has 1 aromatic heterocycles. The lowest BCUT2D eigenvalue weighted by Gasteiger charge is -2.32. The Labute approximate surface area is 244 Å². The highest BCUT2D eigenvalue weighted by atomic mass is 31.1. The Kier molecular flexibility index (Phi) is 13.8. The number of hydrogen-bond acceptors (Lipinski definition) is 9. The number of unbranched alkanes of at least 4 members (excludes halogenated alkanes) is 6. The van der Waals surface area contributed by atoms with Crippen molar-refractivity contribution in [3.8, 4) is 0 Å². The smallest absolute Gasteiger partial charge is 0.334 e. The van der Waals surface area contributed by atoms with E-state index < -0.39 is 28.6 Å². The van der Waals surface area contributed by atoms with Crippen LogP contribution in [0.25, 0.3) is 0 Å². The SMILES string of the molecule is CPn1cc(CCCCCCCCCOC(=O)C(C)(C)CC(C)(C)C(=O)NCCC(=O)ON2C(=O)CCC2=O)nn1. The van der Waals surface area contributed by atoms with Gasteiger partial charge in [-0.1, -0.05) is 51.2 Å². The quantitative estimate of drug-likeness (QED) is 0.109. The highest BCUT2D eigenvalue weighted by Gasteiger charge is 2.40. The van der Waals surface area contributed by atoms with Gasteiger partial charge in [0.2, 0.25) is 5.91 Å². The summed E-state index contributed by atoms with van der Waals surface area (Å²) in [7, 11) is 0.612. The third-order valence-corrected chi connectivity index (χ3v) is 7.62. The number of ether oxygens (including phenoxy) is 1. The van der Waals surface area contributed by atoms with E-state index in [0.717, 1.165) is 44.2 Å². The maximum Gasteiger partial charge on any atom is 0.334 e. The van der Waals surface area contributed by atoms with E-state index in [0.29, 0.717) is 20.4 Å².